The average molecular weight is 160 g/mol. The molecular formula is C8H16O3. The molecule has 0 aromatic carbocycles. The lowest BCUT2D eigenvalue weighted by atomic mass is 9.78. The van der Waals surface area contributed by atoms with Gasteiger partial charge in [-0.15, -0.1) is 0 Å². The van der Waals surface area contributed by atoms with Crippen LogP contribution in [0.1, 0.15) is 27.2 Å². The van der Waals surface area contributed by atoms with Crippen LogP contribution >= 0.6 is 0 Å². The molecule has 2 N–H and O–H groups in total. The first-order chi connectivity index (χ1) is 4.92. The number of aliphatic carboxylic acids is 1. The Labute approximate surface area is 67.0 Å². The molecule has 0 saturated heterocycles. The molecule has 0 aromatic heterocycles. The summed E-state index contributed by atoms with van der Waals surface area (Å²) in [4.78, 5) is 10.7. The summed E-state index contributed by atoms with van der Waals surface area (Å²) < 4.78 is 0. The van der Waals surface area contributed by atoms with E-state index in [1.807, 2.05) is 6.92 Å². The van der Waals surface area contributed by atoms with Crippen LogP contribution in [0.4, 0.5) is 0 Å². The van der Waals surface area contributed by atoms with Gasteiger partial charge in [-0.05, 0) is 26.2 Å². The molecule has 0 bridgehead atoms. The van der Waals surface area contributed by atoms with Crippen LogP contribution in [0.15, 0.2) is 0 Å². The van der Waals surface area contributed by atoms with Crippen molar-refractivity contribution in [2.75, 3.05) is 6.61 Å². The van der Waals surface area contributed by atoms with Crippen molar-refractivity contribution in [1.29, 1.82) is 0 Å². The summed E-state index contributed by atoms with van der Waals surface area (Å²) in [5.74, 6) is -0.802. The lowest BCUT2D eigenvalue weighted by Crippen LogP contribution is -2.31. The Kier molecular flexibility index (Phi) is 3.52. The number of aliphatic hydroxyl groups excluding tert-OH is 1. The molecule has 0 unspecified atom stereocenters. The van der Waals surface area contributed by atoms with Gasteiger partial charge < -0.3 is 10.2 Å². The van der Waals surface area contributed by atoms with Crippen molar-refractivity contribution in [1.82, 2.24) is 0 Å². The molecule has 0 fully saturated rings. The fourth-order valence-corrected chi connectivity index (χ4v) is 0.765. The summed E-state index contributed by atoms with van der Waals surface area (Å²) in [6.07, 6.45) is 0.541. The Bertz CT molecular complexity index is 140. The van der Waals surface area contributed by atoms with Crippen molar-refractivity contribution in [2.45, 2.75) is 27.2 Å². The van der Waals surface area contributed by atoms with Crippen LogP contribution in [-0.4, -0.2) is 22.8 Å². The summed E-state index contributed by atoms with van der Waals surface area (Å²) >= 11 is 0. The van der Waals surface area contributed by atoms with Gasteiger partial charge in [0.15, 0.2) is 0 Å². The van der Waals surface area contributed by atoms with Gasteiger partial charge in [0.25, 0.3) is 0 Å². The predicted molar refractivity (Wildman–Crippen MR) is 42.3 cm³/mol. The highest BCUT2D eigenvalue weighted by atomic mass is 16.4. The van der Waals surface area contributed by atoms with Crippen LogP contribution in [0.5, 0.6) is 0 Å². The van der Waals surface area contributed by atoms with E-state index in [4.69, 9.17) is 10.2 Å². The summed E-state index contributed by atoms with van der Waals surface area (Å²) in [5.41, 5.74) is -0.733. The topological polar surface area (TPSA) is 57.5 Å². The fourth-order valence-electron chi connectivity index (χ4n) is 0.765. The van der Waals surface area contributed by atoms with Crippen molar-refractivity contribution in [2.24, 2.45) is 11.3 Å². The predicted octanol–water partition coefficient (Wildman–Crippen LogP) is 1.12. The standard InChI is InChI=1S/C8H16O3/c1-6(4-5-9)8(2,3)7(10)11/h6,9H,4-5H2,1-3H3,(H,10,11)/t6-/m0/s1. The first-order valence-corrected chi connectivity index (χ1v) is 3.77. The van der Waals surface area contributed by atoms with Crippen LogP contribution in [0.3, 0.4) is 0 Å². The molecule has 0 spiro atoms. The van der Waals surface area contributed by atoms with Crippen molar-refractivity contribution in [3.63, 3.8) is 0 Å². The van der Waals surface area contributed by atoms with Gasteiger partial charge in [0, 0.05) is 6.61 Å². The normalized spacial score (nSPS) is 14.5. The minimum atomic E-state index is -0.807. The molecule has 0 aromatic rings. The molecule has 3 heteroatoms. The Morgan fingerprint density at radius 1 is 1.55 bits per heavy atom. The third kappa shape index (κ3) is 2.50. The molecule has 0 heterocycles. The maximum absolute atomic E-state index is 10.7. The molecule has 3 nitrogen and oxygen atoms in total. The summed E-state index contributed by atoms with van der Waals surface area (Å²) in [7, 11) is 0. The first kappa shape index (κ1) is 10.4. The van der Waals surface area contributed by atoms with E-state index in [0.717, 1.165) is 0 Å². The van der Waals surface area contributed by atoms with Gasteiger partial charge in [-0.3, -0.25) is 4.79 Å². The maximum Gasteiger partial charge on any atom is 0.309 e. The summed E-state index contributed by atoms with van der Waals surface area (Å²) in [5, 5.41) is 17.3. The second-order valence-corrected chi connectivity index (χ2v) is 3.44. The van der Waals surface area contributed by atoms with Crippen molar-refractivity contribution >= 4 is 5.97 Å². The lowest BCUT2D eigenvalue weighted by molar-refractivity contribution is -0.150. The van der Waals surface area contributed by atoms with Crippen molar-refractivity contribution < 1.29 is 15.0 Å². The highest BCUT2D eigenvalue weighted by Gasteiger charge is 2.32. The number of hydrogen-bond donors (Lipinski definition) is 2. The van der Waals surface area contributed by atoms with Crippen LogP contribution in [0.2, 0.25) is 0 Å². The monoisotopic (exact) mass is 160 g/mol. The Hall–Kier alpha value is -0.570. The zero-order valence-electron chi connectivity index (χ0n) is 7.29. The number of carboxylic acids is 1. The molecule has 0 aliphatic heterocycles. The minimum Gasteiger partial charge on any atom is -0.481 e. The molecule has 66 valence electrons. The second-order valence-electron chi connectivity index (χ2n) is 3.44. The molecule has 1 atom stereocenters. The molecule has 0 saturated carbocycles. The van der Waals surface area contributed by atoms with E-state index in [9.17, 15) is 4.79 Å². The van der Waals surface area contributed by atoms with Gasteiger partial charge in [0.1, 0.15) is 0 Å². The van der Waals surface area contributed by atoms with E-state index in [0.29, 0.717) is 6.42 Å². The highest BCUT2D eigenvalue weighted by molar-refractivity contribution is 5.73. The molecule has 0 amide bonds. The van der Waals surface area contributed by atoms with Crippen LogP contribution in [0.25, 0.3) is 0 Å². The zero-order chi connectivity index (χ0) is 9.07. The molecule has 11 heavy (non-hydrogen) atoms. The summed E-state index contributed by atoms with van der Waals surface area (Å²) in [6, 6.07) is 0. The van der Waals surface area contributed by atoms with E-state index in [1.54, 1.807) is 13.8 Å². The average Bonchev–Trinajstić information content (AvgIpc) is 1.88. The second kappa shape index (κ2) is 3.72. The number of aliphatic hydroxyl groups is 1. The highest BCUT2D eigenvalue weighted by Crippen LogP contribution is 2.28. The van der Waals surface area contributed by atoms with Crippen molar-refractivity contribution in [3.8, 4) is 0 Å². The largest absolute Gasteiger partial charge is 0.481 e. The molecule has 0 radical (unpaired) electrons. The quantitative estimate of drug-likeness (QED) is 0.647. The van der Waals surface area contributed by atoms with Gasteiger partial charge in [-0.2, -0.15) is 0 Å². The minimum absolute atomic E-state index is 0.00463. The molecule has 0 aliphatic rings. The third-order valence-electron chi connectivity index (χ3n) is 2.35. The van der Waals surface area contributed by atoms with Gasteiger partial charge in [0.2, 0.25) is 0 Å². The van der Waals surface area contributed by atoms with Gasteiger partial charge >= 0.3 is 5.97 Å². The van der Waals surface area contributed by atoms with Gasteiger partial charge in [0.05, 0.1) is 5.41 Å². The van der Waals surface area contributed by atoms with Gasteiger partial charge in [-0.1, -0.05) is 6.92 Å². The van der Waals surface area contributed by atoms with Gasteiger partial charge in [-0.25, -0.2) is 0 Å². The molecular weight excluding hydrogens is 144 g/mol. The van der Waals surface area contributed by atoms with E-state index in [1.165, 1.54) is 0 Å². The number of carbonyl (C=O) groups is 1. The Morgan fingerprint density at radius 3 is 2.27 bits per heavy atom. The number of carboxylic acid groups (broad SMARTS) is 1. The van der Waals surface area contributed by atoms with Crippen molar-refractivity contribution in [3.05, 3.63) is 0 Å². The van der Waals surface area contributed by atoms with E-state index in [-0.39, 0.29) is 12.5 Å². The third-order valence-corrected chi connectivity index (χ3v) is 2.35. The lowest BCUT2D eigenvalue weighted by Gasteiger charge is -2.26. The van der Waals surface area contributed by atoms with Crippen LogP contribution in [-0.2, 0) is 4.79 Å². The number of hydrogen-bond acceptors (Lipinski definition) is 2. The SMILES string of the molecule is C[C@@H](CCO)C(C)(C)C(=O)O. The smallest absolute Gasteiger partial charge is 0.309 e. The Morgan fingerprint density at radius 2 is 2.00 bits per heavy atom. The Balaban J connectivity index is 4.17. The molecule has 0 aliphatic carbocycles. The van der Waals surface area contributed by atoms with E-state index in [2.05, 4.69) is 0 Å². The number of rotatable bonds is 4. The maximum atomic E-state index is 10.7. The summed E-state index contributed by atoms with van der Waals surface area (Å²) in [6.45, 7) is 5.24. The zero-order valence-corrected chi connectivity index (χ0v) is 7.29. The van der Waals surface area contributed by atoms with E-state index < -0.39 is 11.4 Å². The van der Waals surface area contributed by atoms with E-state index >= 15 is 0 Å². The fraction of sp³-hybridized carbons (Fsp3) is 0.875. The first-order valence-electron chi connectivity index (χ1n) is 3.77. The van der Waals surface area contributed by atoms with Crippen LogP contribution in [0, 0.1) is 11.3 Å². The van der Waals surface area contributed by atoms with Crippen LogP contribution < -0.4 is 0 Å². The molecule has 0 rings (SSSR count).